The highest BCUT2D eigenvalue weighted by atomic mass is 19.4. The number of rotatable bonds is 6. The molecular weight excluding hydrogens is 599 g/mol. The number of alkyl halides is 9. The van der Waals surface area contributed by atoms with Gasteiger partial charge in [0.2, 0.25) is 0 Å². The minimum absolute atomic E-state index is 0.0174. The second-order valence-corrected chi connectivity index (χ2v) is 10.4. The van der Waals surface area contributed by atoms with Gasteiger partial charge in [0.25, 0.3) is 0 Å². The maximum absolute atomic E-state index is 13.8. The number of amides is 2. The third kappa shape index (κ3) is 7.12. The van der Waals surface area contributed by atoms with Crippen LogP contribution < -0.4 is 4.90 Å². The van der Waals surface area contributed by atoms with E-state index in [1.165, 1.54) is 4.90 Å². The van der Waals surface area contributed by atoms with Gasteiger partial charge in [0.1, 0.15) is 0 Å². The fraction of sp³-hybridized carbons (Fsp3) is 0.500. The number of nitrogens with zero attached hydrogens (tertiary/aromatic N) is 2. The third-order valence-corrected chi connectivity index (χ3v) is 7.35. The summed E-state index contributed by atoms with van der Waals surface area (Å²) in [6, 6.07) is 1.33. The fourth-order valence-electron chi connectivity index (χ4n) is 5.26. The molecule has 1 heterocycles. The van der Waals surface area contributed by atoms with E-state index in [0.717, 1.165) is 24.1 Å². The lowest BCUT2D eigenvalue weighted by Gasteiger charge is -2.44. The summed E-state index contributed by atoms with van der Waals surface area (Å²) < 4.78 is 133. The summed E-state index contributed by atoms with van der Waals surface area (Å²) in [4.78, 5) is 28.2. The van der Waals surface area contributed by atoms with Crippen molar-refractivity contribution in [3.8, 4) is 0 Å². The Morgan fingerprint density at radius 1 is 0.884 bits per heavy atom. The van der Waals surface area contributed by atoms with Crippen molar-refractivity contribution in [2.45, 2.75) is 69.8 Å². The third-order valence-electron chi connectivity index (χ3n) is 7.35. The minimum atomic E-state index is -5.17. The van der Waals surface area contributed by atoms with E-state index < -0.39 is 71.6 Å². The summed E-state index contributed by atoms with van der Waals surface area (Å²) in [7, 11) is 0.922. The highest BCUT2D eigenvalue weighted by molar-refractivity contribution is 5.91. The van der Waals surface area contributed by atoms with Gasteiger partial charge in [-0.05, 0) is 79.1 Å². The van der Waals surface area contributed by atoms with Crippen LogP contribution in [0.5, 0.6) is 0 Å². The average molecular weight is 627 g/mol. The summed E-state index contributed by atoms with van der Waals surface area (Å²) in [6.07, 6.45) is -15.6. The molecule has 2 aromatic rings. The highest BCUT2D eigenvalue weighted by Crippen LogP contribution is 2.50. The lowest BCUT2D eigenvalue weighted by Crippen LogP contribution is -2.50. The first-order valence-electron chi connectivity index (χ1n) is 13.3. The molecule has 0 saturated heterocycles. The van der Waals surface area contributed by atoms with Gasteiger partial charge >= 0.3 is 30.7 Å². The highest BCUT2D eigenvalue weighted by Gasteiger charge is 2.48. The molecule has 0 radical (unpaired) electrons. The Balaban J connectivity index is 1.87. The maximum Gasteiger partial charge on any atom is 0.416 e. The van der Waals surface area contributed by atoms with Gasteiger partial charge in [-0.25, -0.2) is 9.59 Å². The summed E-state index contributed by atoms with van der Waals surface area (Å²) in [5.41, 5.74) is -5.15. The summed E-state index contributed by atoms with van der Waals surface area (Å²) in [5, 5.41) is 0. The van der Waals surface area contributed by atoms with E-state index in [1.807, 2.05) is 0 Å². The molecule has 1 aliphatic heterocycles. The topological polar surface area (TPSA) is 59.1 Å². The average Bonchev–Trinajstić information content (AvgIpc) is 3.77. The summed E-state index contributed by atoms with van der Waals surface area (Å²) in [5.74, 6) is -0.128. The largest absolute Gasteiger partial charge is 0.453 e. The van der Waals surface area contributed by atoms with Crippen molar-refractivity contribution in [3.05, 3.63) is 64.2 Å². The Kier molecular flexibility index (Phi) is 8.85. The van der Waals surface area contributed by atoms with Crippen LogP contribution in [0.3, 0.4) is 0 Å². The van der Waals surface area contributed by atoms with Gasteiger partial charge in [-0.3, -0.25) is 9.80 Å². The number of ether oxygens (including phenoxy) is 2. The van der Waals surface area contributed by atoms with Crippen molar-refractivity contribution in [2.24, 2.45) is 5.92 Å². The number of hydrogen-bond acceptors (Lipinski definition) is 4. The van der Waals surface area contributed by atoms with Crippen molar-refractivity contribution in [1.29, 1.82) is 0 Å². The van der Waals surface area contributed by atoms with Crippen LogP contribution in [-0.4, -0.2) is 36.8 Å². The van der Waals surface area contributed by atoms with Gasteiger partial charge in [0, 0.05) is 12.6 Å². The van der Waals surface area contributed by atoms with Gasteiger partial charge < -0.3 is 9.47 Å². The second-order valence-electron chi connectivity index (χ2n) is 10.4. The fourth-order valence-corrected chi connectivity index (χ4v) is 5.26. The molecule has 4 rings (SSSR count). The summed E-state index contributed by atoms with van der Waals surface area (Å²) >= 11 is 0. The van der Waals surface area contributed by atoms with E-state index in [2.05, 4.69) is 0 Å². The molecule has 1 saturated carbocycles. The number of methoxy groups -OCH3 is 1. The molecule has 2 aromatic carbocycles. The molecule has 2 amide bonds. The zero-order chi connectivity index (χ0) is 31.9. The van der Waals surface area contributed by atoms with Crippen molar-refractivity contribution in [3.63, 3.8) is 0 Å². The summed E-state index contributed by atoms with van der Waals surface area (Å²) in [6.45, 7) is 0.906. The maximum atomic E-state index is 13.8. The van der Waals surface area contributed by atoms with Crippen LogP contribution in [0.4, 0.5) is 54.8 Å². The number of hydrogen-bond donors (Lipinski definition) is 0. The molecule has 6 nitrogen and oxygen atoms in total. The van der Waals surface area contributed by atoms with Gasteiger partial charge in [0.15, 0.2) is 0 Å². The molecule has 0 spiro atoms. The molecule has 15 heteroatoms. The standard InChI is InChI=1S/C28H27F9N2O4/c1-3-8-43-25(41)39-21-7-6-17(26(29,30)31)12-20(21)23(13-22(39)16-4-5-16)38(24(40)42-2)14-15-9-18(27(32,33)34)11-19(10-15)28(35,36)37/h6-7,9-12,16,22-23H,3-5,8,13-14H2,1-2H3/t22-,23-/m1/s1. The van der Waals surface area contributed by atoms with Crippen LogP contribution in [0.25, 0.3) is 0 Å². The lowest BCUT2D eigenvalue weighted by atomic mass is 9.86. The molecule has 43 heavy (non-hydrogen) atoms. The van der Waals surface area contributed by atoms with Gasteiger partial charge in [0.05, 0.1) is 42.1 Å². The number of carbonyl (C=O) groups is 2. The van der Waals surface area contributed by atoms with Crippen LogP contribution in [0.15, 0.2) is 36.4 Å². The van der Waals surface area contributed by atoms with Crippen LogP contribution >= 0.6 is 0 Å². The normalized spacial score (nSPS) is 19.1. The van der Waals surface area contributed by atoms with E-state index >= 15 is 0 Å². The minimum Gasteiger partial charge on any atom is -0.453 e. The van der Waals surface area contributed by atoms with Crippen molar-refractivity contribution in [2.75, 3.05) is 18.6 Å². The first-order valence-corrected chi connectivity index (χ1v) is 13.3. The van der Waals surface area contributed by atoms with Gasteiger partial charge in [-0.15, -0.1) is 0 Å². The van der Waals surface area contributed by atoms with E-state index in [-0.39, 0.29) is 36.3 Å². The Hall–Kier alpha value is -3.65. The Labute approximate surface area is 240 Å². The molecule has 0 unspecified atom stereocenters. The number of halogens is 9. The zero-order valence-corrected chi connectivity index (χ0v) is 22.9. The van der Waals surface area contributed by atoms with E-state index in [4.69, 9.17) is 9.47 Å². The van der Waals surface area contributed by atoms with E-state index in [1.54, 1.807) is 6.92 Å². The Bertz CT molecular complexity index is 1320. The van der Waals surface area contributed by atoms with Crippen molar-refractivity contribution < 1.29 is 58.6 Å². The van der Waals surface area contributed by atoms with Crippen LogP contribution in [0.2, 0.25) is 0 Å². The molecule has 236 valence electrons. The number of anilines is 1. The van der Waals surface area contributed by atoms with Crippen LogP contribution in [0, 0.1) is 5.92 Å². The Morgan fingerprint density at radius 2 is 1.47 bits per heavy atom. The molecule has 2 aliphatic rings. The molecule has 0 bridgehead atoms. The molecule has 0 N–H and O–H groups in total. The molecule has 1 aliphatic carbocycles. The SMILES string of the molecule is CCCOC(=O)N1c2ccc(C(F)(F)F)cc2[C@H](N(Cc2cc(C(F)(F)F)cc(C(F)(F)F)c2)C(=O)OC)C[C@@H]1C1CC1. The van der Waals surface area contributed by atoms with Gasteiger partial charge in [-0.1, -0.05) is 6.92 Å². The van der Waals surface area contributed by atoms with Crippen LogP contribution in [0.1, 0.15) is 66.5 Å². The lowest BCUT2D eigenvalue weighted by molar-refractivity contribution is -0.143. The van der Waals surface area contributed by atoms with E-state index in [9.17, 15) is 49.1 Å². The number of fused-ring (bicyclic) bond motifs is 1. The first-order chi connectivity index (χ1) is 20.0. The van der Waals surface area contributed by atoms with Crippen LogP contribution in [-0.2, 0) is 34.5 Å². The predicted molar refractivity (Wildman–Crippen MR) is 134 cm³/mol. The molecular formula is C28H27F9N2O4. The Morgan fingerprint density at radius 3 is 1.95 bits per heavy atom. The quantitative estimate of drug-likeness (QED) is 0.302. The first kappa shape index (κ1) is 32.3. The number of benzene rings is 2. The van der Waals surface area contributed by atoms with Gasteiger partial charge in [-0.2, -0.15) is 39.5 Å². The monoisotopic (exact) mass is 626 g/mol. The smallest absolute Gasteiger partial charge is 0.416 e. The molecule has 0 aromatic heterocycles. The van der Waals surface area contributed by atoms with Crippen molar-refractivity contribution >= 4 is 17.9 Å². The zero-order valence-electron chi connectivity index (χ0n) is 22.9. The van der Waals surface area contributed by atoms with E-state index in [0.29, 0.717) is 37.5 Å². The molecule has 2 atom stereocenters. The molecule has 1 fully saturated rings. The number of carbonyl (C=O) groups excluding carboxylic acids is 2. The van der Waals surface area contributed by atoms with Crippen molar-refractivity contribution in [1.82, 2.24) is 4.90 Å². The second kappa shape index (κ2) is 11.8. The predicted octanol–water partition coefficient (Wildman–Crippen LogP) is 8.59.